The molecule has 0 aliphatic carbocycles. The minimum Gasteiger partial charge on any atom is -0.423 e. The molecule has 3 rings (SSSR count). The summed E-state index contributed by atoms with van der Waals surface area (Å²) in [4.78, 5) is 0. The average molecular weight is 287 g/mol. The molecular formula is C16H21N3O2. The summed E-state index contributed by atoms with van der Waals surface area (Å²) < 4.78 is 11.4. The highest BCUT2D eigenvalue weighted by molar-refractivity contribution is 5.23. The normalized spacial score (nSPS) is 19.8. The van der Waals surface area contributed by atoms with Crippen LogP contribution in [0.5, 0.6) is 0 Å². The maximum absolute atomic E-state index is 5.81. The van der Waals surface area contributed by atoms with E-state index in [2.05, 4.69) is 27.6 Å². The van der Waals surface area contributed by atoms with Crippen molar-refractivity contribution in [2.24, 2.45) is 0 Å². The molecule has 1 N–H and O–H groups in total. The van der Waals surface area contributed by atoms with Crippen LogP contribution < -0.4 is 5.32 Å². The minimum absolute atomic E-state index is 0.0600. The smallest absolute Gasteiger partial charge is 0.237 e. The van der Waals surface area contributed by atoms with Crippen LogP contribution in [-0.2, 0) is 11.2 Å². The van der Waals surface area contributed by atoms with Crippen molar-refractivity contribution in [2.75, 3.05) is 13.7 Å². The van der Waals surface area contributed by atoms with Crippen molar-refractivity contribution in [3.8, 4) is 0 Å². The Morgan fingerprint density at radius 3 is 2.86 bits per heavy atom. The Morgan fingerprint density at radius 2 is 2.14 bits per heavy atom. The zero-order chi connectivity index (χ0) is 14.5. The lowest BCUT2D eigenvalue weighted by Crippen LogP contribution is -2.17. The SMILES string of the molecule is CNC(c1ccccc1)c1nnc(CCC2CCCO2)o1. The fourth-order valence-corrected chi connectivity index (χ4v) is 2.72. The van der Waals surface area contributed by atoms with Crippen molar-refractivity contribution in [1.29, 1.82) is 0 Å². The van der Waals surface area contributed by atoms with Gasteiger partial charge < -0.3 is 14.5 Å². The Morgan fingerprint density at radius 1 is 1.29 bits per heavy atom. The summed E-state index contributed by atoms with van der Waals surface area (Å²) in [5, 5.41) is 11.6. The van der Waals surface area contributed by atoms with Crippen molar-refractivity contribution in [2.45, 2.75) is 37.8 Å². The van der Waals surface area contributed by atoms with E-state index in [9.17, 15) is 0 Å². The second kappa shape index (κ2) is 6.83. The monoisotopic (exact) mass is 287 g/mol. The molecule has 2 unspecified atom stereocenters. The molecule has 1 aromatic heterocycles. The first-order valence-electron chi connectivity index (χ1n) is 7.53. The van der Waals surface area contributed by atoms with Crippen LogP contribution in [-0.4, -0.2) is 30.0 Å². The molecule has 0 bridgehead atoms. The van der Waals surface area contributed by atoms with Gasteiger partial charge in [-0.1, -0.05) is 30.3 Å². The molecule has 5 nitrogen and oxygen atoms in total. The number of aryl methyl sites for hydroxylation is 1. The van der Waals surface area contributed by atoms with Gasteiger partial charge >= 0.3 is 0 Å². The van der Waals surface area contributed by atoms with E-state index in [1.165, 1.54) is 0 Å². The fourth-order valence-electron chi connectivity index (χ4n) is 2.72. The van der Waals surface area contributed by atoms with Crippen molar-refractivity contribution in [3.05, 3.63) is 47.7 Å². The van der Waals surface area contributed by atoms with Gasteiger partial charge in [-0.15, -0.1) is 10.2 Å². The molecule has 1 saturated heterocycles. The summed E-state index contributed by atoms with van der Waals surface area (Å²) >= 11 is 0. The summed E-state index contributed by atoms with van der Waals surface area (Å²) in [5.74, 6) is 1.31. The lowest BCUT2D eigenvalue weighted by Gasteiger charge is -2.11. The number of aromatic nitrogens is 2. The minimum atomic E-state index is -0.0600. The fraction of sp³-hybridized carbons (Fsp3) is 0.500. The molecule has 1 fully saturated rings. The number of nitrogens with one attached hydrogen (secondary N) is 1. The van der Waals surface area contributed by atoms with Crippen LogP contribution in [0.3, 0.4) is 0 Å². The topological polar surface area (TPSA) is 60.2 Å². The lowest BCUT2D eigenvalue weighted by atomic mass is 10.1. The van der Waals surface area contributed by atoms with Crippen LogP contribution in [0.25, 0.3) is 0 Å². The van der Waals surface area contributed by atoms with Gasteiger partial charge in [-0.25, -0.2) is 0 Å². The van der Waals surface area contributed by atoms with Crippen LogP contribution >= 0.6 is 0 Å². The third-order valence-electron chi connectivity index (χ3n) is 3.86. The van der Waals surface area contributed by atoms with Gasteiger partial charge in [0, 0.05) is 13.0 Å². The molecule has 2 aromatic rings. The van der Waals surface area contributed by atoms with Crippen molar-refractivity contribution >= 4 is 0 Å². The average Bonchev–Trinajstić information content (AvgIpc) is 3.19. The van der Waals surface area contributed by atoms with E-state index >= 15 is 0 Å². The van der Waals surface area contributed by atoms with Crippen LogP contribution in [0.2, 0.25) is 0 Å². The second-order valence-corrected chi connectivity index (χ2v) is 5.34. The number of hydrogen-bond donors (Lipinski definition) is 1. The van der Waals surface area contributed by atoms with Gasteiger partial charge in [0.1, 0.15) is 6.04 Å². The molecule has 112 valence electrons. The van der Waals surface area contributed by atoms with Gasteiger partial charge in [-0.05, 0) is 31.9 Å². The Labute approximate surface area is 124 Å². The molecule has 1 aliphatic rings. The Balaban J connectivity index is 1.65. The lowest BCUT2D eigenvalue weighted by molar-refractivity contribution is 0.103. The third kappa shape index (κ3) is 3.49. The Hall–Kier alpha value is -1.72. The summed E-state index contributed by atoms with van der Waals surface area (Å²) in [6.07, 6.45) is 4.40. The first-order valence-corrected chi connectivity index (χ1v) is 7.53. The van der Waals surface area contributed by atoms with Crippen LogP contribution in [0.4, 0.5) is 0 Å². The molecule has 5 heteroatoms. The van der Waals surface area contributed by atoms with Gasteiger partial charge in [0.05, 0.1) is 6.10 Å². The molecule has 0 saturated carbocycles. The molecule has 2 atom stereocenters. The van der Waals surface area contributed by atoms with Crippen molar-refractivity contribution in [1.82, 2.24) is 15.5 Å². The molecule has 2 heterocycles. The van der Waals surface area contributed by atoms with E-state index in [-0.39, 0.29) is 6.04 Å². The second-order valence-electron chi connectivity index (χ2n) is 5.34. The number of hydrogen-bond acceptors (Lipinski definition) is 5. The maximum atomic E-state index is 5.81. The summed E-state index contributed by atoms with van der Waals surface area (Å²) in [7, 11) is 1.90. The molecule has 0 amide bonds. The van der Waals surface area contributed by atoms with Gasteiger partial charge in [0.25, 0.3) is 0 Å². The van der Waals surface area contributed by atoms with E-state index in [0.717, 1.165) is 37.9 Å². The zero-order valence-corrected chi connectivity index (χ0v) is 12.3. The van der Waals surface area contributed by atoms with Crippen molar-refractivity contribution in [3.63, 3.8) is 0 Å². The van der Waals surface area contributed by atoms with Gasteiger partial charge in [0.15, 0.2) is 0 Å². The van der Waals surface area contributed by atoms with Crippen LogP contribution in [0.1, 0.15) is 42.6 Å². The largest absolute Gasteiger partial charge is 0.423 e. The van der Waals surface area contributed by atoms with E-state index in [4.69, 9.17) is 9.15 Å². The van der Waals surface area contributed by atoms with Crippen LogP contribution in [0.15, 0.2) is 34.7 Å². The predicted molar refractivity (Wildman–Crippen MR) is 78.9 cm³/mol. The van der Waals surface area contributed by atoms with E-state index in [1.54, 1.807) is 0 Å². The maximum Gasteiger partial charge on any atom is 0.237 e. The van der Waals surface area contributed by atoms with E-state index in [1.807, 2.05) is 25.2 Å². The highest BCUT2D eigenvalue weighted by Crippen LogP contribution is 2.22. The van der Waals surface area contributed by atoms with Gasteiger partial charge in [0.2, 0.25) is 11.8 Å². The molecule has 21 heavy (non-hydrogen) atoms. The first kappa shape index (κ1) is 14.2. The number of rotatable bonds is 6. The predicted octanol–water partition coefficient (Wildman–Crippen LogP) is 2.49. The Bertz CT molecular complexity index is 550. The van der Waals surface area contributed by atoms with Crippen molar-refractivity contribution < 1.29 is 9.15 Å². The standard InChI is InChI=1S/C16H21N3O2/c1-17-15(12-6-3-2-4-7-12)16-19-18-14(21-16)10-9-13-8-5-11-20-13/h2-4,6-7,13,15,17H,5,8-11H2,1H3. The summed E-state index contributed by atoms with van der Waals surface area (Å²) in [5.41, 5.74) is 1.12. The van der Waals surface area contributed by atoms with Gasteiger partial charge in [-0.3, -0.25) is 0 Å². The highest BCUT2D eigenvalue weighted by Gasteiger charge is 2.20. The van der Waals surface area contributed by atoms with E-state index in [0.29, 0.717) is 17.9 Å². The molecular weight excluding hydrogens is 266 g/mol. The molecule has 1 aliphatic heterocycles. The Kier molecular flexibility index (Phi) is 4.62. The summed E-state index contributed by atoms with van der Waals surface area (Å²) in [6, 6.07) is 10.1. The number of nitrogens with zero attached hydrogens (tertiary/aromatic N) is 2. The molecule has 1 aromatic carbocycles. The quantitative estimate of drug-likeness (QED) is 0.884. The number of ether oxygens (including phenoxy) is 1. The van der Waals surface area contributed by atoms with Crippen LogP contribution in [0, 0.1) is 0 Å². The third-order valence-corrected chi connectivity index (χ3v) is 3.86. The number of benzene rings is 1. The van der Waals surface area contributed by atoms with Gasteiger partial charge in [-0.2, -0.15) is 0 Å². The first-order chi connectivity index (χ1) is 10.4. The molecule has 0 radical (unpaired) electrons. The highest BCUT2D eigenvalue weighted by atomic mass is 16.5. The van der Waals surface area contributed by atoms with E-state index < -0.39 is 0 Å². The molecule has 0 spiro atoms. The zero-order valence-electron chi connectivity index (χ0n) is 12.3. The summed E-state index contributed by atoms with van der Waals surface area (Å²) in [6.45, 7) is 0.885.